The van der Waals surface area contributed by atoms with E-state index in [4.69, 9.17) is 0 Å². The maximum atomic E-state index is 4.67. The Hall–Kier alpha value is -1.55. The van der Waals surface area contributed by atoms with Crippen LogP contribution in [0.1, 0.15) is 59.4 Å². The van der Waals surface area contributed by atoms with Crippen molar-refractivity contribution >= 4 is 11.0 Å². The van der Waals surface area contributed by atoms with Crippen molar-refractivity contribution in [2.45, 2.75) is 72.0 Å². The third-order valence-corrected chi connectivity index (χ3v) is 6.05. The highest BCUT2D eigenvalue weighted by atomic mass is 15.2. The van der Waals surface area contributed by atoms with E-state index in [-0.39, 0.29) is 0 Å². The number of likely N-dealkylation sites (tertiary alicyclic amines) is 1. The molecule has 1 aliphatic rings. The zero-order valence-electron chi connectivity index (χ0n) is 17.3. The first-order valence-corrected chi connectivity index (χ1v) is 10.4. The number of imidazole rings is 1. The van der Waals surface area contributed by atoms with Crippen LogP contribution in [0.15, 0.2) is 29.3 Å². The molecule has 144 valence electrons. The molecule has 26 heavy (non-hydrogen) atoms. The molecule has 1 atom stereocenters. The van der Waals surface area contributed by atoms with Crippen molar-refractivity contribution in [1.82, 2.24) is 14.0 Å². The van der Waals surface area contributed by atoms with Gasteiger partial charge in [-0.05, 0) is 57.6 Å². The Balaban J connectivity index is 1.80. The molecule has 1 fully saturated rings. The van der Waals surface area contributed by atoms with Gasteiger partial charge in [-0.3, -0.25) is 4.99 Å². The fourth-order valence-electron chi connectivity index (χ4n) is 4.48. The van der Waals surface area contributed by atoms with Gasteiger partial charge in [0.15, 0.2) is 0 Å². The van der Waals surface area contributed by atoms with Gasteiger partial charge >= 0.3 is 0 Å². The number of aryl methyl sites for hydroxylation is 1. The van der Waals surface area contributed by atoms with Crippen LogP contribution < -0.4 is 5.62 Å². The van der Waals surface area contributed by atoms with Gasteiger partial charge in [-0.2, -0.15) is 0 Å². The van der Waals surface area contributed by atoms with Gasteiger partial charge in [0, 0.05) is 38.8 Å². The summed E-state index contributed by atoms with van der Waals surface area (Å²) < 4.78 is 4.86. The lowest BCUT2D eigenvalue weighted by Crippen LogP contribution is -2.42. The summed E-state index contributed by atoms with van der Waals surface area (Å²) in [6.45, 7) is 12.6. The molecule has 4 nitrogen and oxygen atoms in total. The topological polar surface area (TPSA) is 25.5 Å². The maximum absolute atomic E-state index is 4.67. The summed E-state index contributed by atoms with van der Waals surface area (Å²) in [5, 5.41) is 0. The Kier molecular flexibility index (Phi) is 6.23. The third-order valence-electron chi connectivity index (χ3n) is 6.05. The fraction of sp³-hybridized carbons (Fsp3) is 0.682. The molecule has 0 saturated carbocycles. The summed E-state index contributed by atoms with van der Waals surface area (Å²) in [4.78, 5) is 7.36. The molecular formula is C22H36N4. The van der Waals surface area contributed by atoms with Gasteiger partial charge in [0.25, 0.3) is 0 Å². The number of benzene rings is 1. The van der Waals surface area contributed by atoms with Crippen LogP contribution in [0.4, 0.5) is 0 Å². The SMILES string of the molecule is CCn1c(=NC)n(C2CCN(C(C)CCC(C)C)CC2)c2ccccc21. The van der Waals surface area contributed by atoms with Crippen LogP contribution >= 0.6 is 0 Å². The van der Waals surface area contributed by atoms with E-state index in [1.807, 2.05) is 7.05 Å². The van der Waals surface area contributed by atoms with Gasteiger partial charge in [-0.1, -0.05) is 26.0 Å². The summed E-state index contributed by atoms with van der Waals surface area (Å²) in [6, 6.07) is 10.0. The van der Waals surface area contributed by atoms with E-state index in [9.17, 15) is 0 Å². The molecule has 0 radical (unpaired) electrons. The first kappa shape index (κ1) is 19.2. The zero-order valence-corrected chi connectivity index (χ0v) is 17.3. The molecule has 1 saturated heterocycles. The highest BCUT2D eigenvalue weighted by molar-refractivity contribution is 5.76. The molecule has 0 aliphatic carbocycles. The predicted octanol–water partition coefficient (Wildman–Crippen LogP) is 4.45. The molecular weight excluding hydrogens is 320 g/mol. The van der Waals surface area contributed by atoms with Gasteiger partial charge < -0.3 is 14.0 Å². The third kappa shape index (κ3) is 3.75. The number of piperidine rings is 1. The fourth-order valence-corrected chi connectivity index (χ4v) is 4.48. The van der Waals surface area contributed by atoms with Crippen LogP contribution in [-0.4, -0.2) is 40.2 Å². The number of fused-ring (bicyclic) bond motifs is 1. The second-order valence-corrected chi connectivity index (χ2v) is 8.21. The van der Waals surface area contributed by atoms with Crippen molar-refractivity contribution in [2.24, 2.45) is 10.9 Å². The van der Waals surface area contributed by atoms with Crippen LogP contribution in [0.5, 0.6) is 0 Å². The minimum Gasteiger partial charge on any atom is -0.310 e. The molecule has 0 amide bonds. The molecule has 1 aliphatic heterocycles. The number of para-hydroxylation sites is 2. The Bertz CT molecular complexity index is 775. The molecule has 3 rings (SSSR count). The average molecular weight is 357 g/mol. The van der Waals surface area contributed by atoms with Gasteiger partial charge in [-0.15, -0.1) is 0 Å². The molecule has 0 bridgehead atoms. The number of hydrogen-bond acceptors (Lipinski definition) is 2. The lowest BCUT2D eigenvalue weighted by atomic mass is 9.99. The van der Waals surface area contributed by atoms with Gasteiger partial charge in [0.1, 0.15) is 0 Å². The Labute approximate surface area is 158 Å². The Morgan fingerprint density at radius 3 is 2.27 bits per heavy atom. The zero-order chi connectivity index (χ0) is 18.7. The van der Waals surface area contributed by atoms with Gasteiger partial charge in [0.05, 0.1) is 11.0 Å². The second kappa shape index (κ2) is 8.43. The van der Waals surface area contributed by atoms with Gasteiger partial charge in [0.2, 0.25) is 5.62 Å². The van der Waals surface area contributed by atoms with Crippen molar-refractivity contribution in [3.8, 4) is 0 Å². The van der Waals surface area contributed by atoms with Crippen molar-refractivity contribution in [2.75, 3.05) is 20.1 Å². The lowest BCUT2D eigenvalue weighted by Gasteiger charge is -2.37. The Morgan fingerprint density at radius 2 is 1.69 bits per heavy atom. The molecule has 4 heteroatoms. The number of rotatable bonds is 6. The van der Waals surface area contributed by atoms with Crippen molar-refractivity contribution in [1.29, 1.82) is 0 Å². The van der Waals surface area contributed by atoms with Crippen LogP contribution in [-0.2, 0) is 6.54 Å². The van der Waals surface area contributed by atoms with E-state index >= 15 is 0 Å². The molecule has 2 aromatic rings. The largest absolute Gasteiger partial charge is 0.310 e. The van der Waals surface area contributed by atoms with Crippen molar-refractivity contribution in [3.63, 3.8) is 0 Å². The number of hydrogen-bond donors (Lipinski definition) is 0. The van der Waals surface area contributed by atoms with Crippen LogP contribution in [0.2, 0.25) is 0 Å². The smallest absolute Gasteiger partial charge is 0.205 e. The number of nitrogens with zero attached hydrogens (tertiary/aromatic N) is 4. The van der Waals surface area contributed by atoms with E-state index in [0.717, 1.165) is 18.1 Å². The van der Waals surface area contributed by atoms with Gasteiger partial charge in [-0.25, -0.2) is 0 Å². The van der Waals surface area contributed by atoms with E-state index in [0.29, 0.717) is 12.1 Å². The summed E-state index contributed by atoms with van der Waals surface area (Å²) >= 11 is 0. The molecule has 1 unspecified atom stereocenters. The minimum absolute atomic E-state index is 0.556. The van der Waals surface area contributed by atoms with Crippen LogP contribution in [0.3, 0.4) is 0 Å². The first-order valence-electron chi connectivity index (χ1n) is 10.4. The Morgan fingerprint density at radius 1 is 1.04 bits per heavy atom. The average Bonchev–Trinajstić information content (AvgIpc) is 2.99. The van der Waals surface area contributed by atoms with Crippen LogP contribution in [0, 0.1) is 5.92 Å². The van der Waals surface area contributed by atoms with E-state index in [1.165, 1.54) is 49.8 Å². The summed E-state index contributed by atoms with van der Waals surface area (Å²) in [5.41, 5.74) is 3.77. The van der Waals surface area contributed by atoms with E-state index in [2.05, 4.69) is 71.0 Å². The van der Waals surface area contributed by atoms with Crippen molar-refractivity contribution < 1.29 is 0 Å². The summed E-state index contributed by atoms with van der Waals surface area (Å²) in [6.07, 6.45) is 5.09. The molecule has 1 aromatic carbocycles. The predicted molar refractivity (Wildman–Crippen MR) is 110 cm³/mol. The summed E-state index contributed by atoms with van der Waals surface area (Å²) in [7, 11) is 1.93. The van der Waals surface area contributed by atoms with E-state index in [1.54, 1.807) is 0 Å². The quantitative estimate of drug-likeness (QED) is 0.750. The minimum atomic E-state index is 0.556. The standard InChI is InChI=1S/C22H36N4/c1-6-25-20-9-7-8-10-21(20)26(22(25)23-5)19-13-15-24(16-14-19)18(4)12-11-17(2)3/h7-10,17-19H,6,11-16H2,1-5H3. The highest BCUT2D eigenvalue weighted by Gasteiger charge is 2.26. The normalized spacial score (nSPS) is 18.9. The van der Waals surface area contributed by atoms with Crippen molar-refractivity contribution in [3.05, 3.63) is 29.9 Å². The maximum Gasteiger partial charge on any atom is 0.205 e. The lowest BCUT2D eigenvalue weighted by molar-refractivity contribution is 0.133. The van der Waals surface area contributed by atoms with Crippen LogP contribution in [0.25, 0.3) is 11.0 Å². The second-order valence-electron chi connectivity index (χ2n) is 8.21. The summed E-state index contributed by atoms with van der Waals surface area (Å²) in [5.74, 6) is 0.805. The molecule has 2 heterocycles. The number of aromatic nitrogens is 2. The molecule has 0 spiro atoms. The molecule has 0 N–H and O–H groups in total. The highest BCUT2D eigenvalue weighted by Crippen LogP contribution is 2.27. The monoisotopic (exact) mass is 356 g/mol. The van der Waals surface area contributed by atoms with E-state index < -0.39 is 0 Å². The first-order chi connectivity index (χ1) is 12.6. The molecule has 1 aromatic heterocycles.